The SMILES string of the molecule is CCCNc1nc(NCC2CC3CCC2C3)c(F)cc1F. The van der Waals surface area contributed by atoms with Crippen molar-refractivity contribution in [2.75, 3.05) is 23.7 Å². The van der Waals surface area contributed by atoms with Gasteiger partial charge in [0, 0.05) is 19.2 Å². The molecule has 2 aliphatic rings. The van der Waals surface area contributed by atoms with Gasteiger partial charge in [0.25, 0.3) is 0 Å². The second kappa shape index (κ2) is 6.16. The maximum atomic E-state index is 13.8. The lowest BCUT2D eigenvalue weighted by molar-refractivity contribution is 0.348. The van der Waals surface area contributed by atoms with E-state index in [0.717, 1.165) is 30.9 Å². The van der Waals surface area contributed by atoms with E-state index in [1.807, 2.05) is 6.92 Å². The number of hydrogen-bond donors (Lipinski definition) is 2. The van der Waals surface area contributed by atoms with E-state index in [2.05, 4.69) is 15.6 Å². The molecule has 1 aromatic heterocycles. The van der Waals surface area contributed by atoms with Crippen LogP contribution in [0.5, 0.6) is 0 Å². The van der Waals surface area contributed by atoms with Crippen molar-refractivity contribution >= 4 is 11.6 Å². The van der Waals surface area contributed by atoms with Crippen molar-refractivity contribution in [1.29, 1.82) is 0 Å². The quantitative estimate of drug-likeness (QED) is 0.832. The van der Waals surface area contributed by atoms with Gasteiger partial charge in [-0.05, 0) is 43.4 Å². The van der Waals surface area contributed by atoms with Crippen LogP contribution in [0.25, 0.3) is 0 Å². The van der Waals surface area contributed by atoms with Gasteiger partial charge >= 0.3 is 0 Å². The number of fused-ring (bicyclic) bond motifs is 2. The van der Waals surface area contributed by atoms with Crippen LogP contribution in [0.2, 0.25) is 0 Å². The molecule has 21 heavy (non-hydrogen) atoms. The van der Waals surface area contributed by atoms with Gasteiger partial charge in [-0.2, -0.15) is 0 Å². The Kier molecular flexibility index (Phi) is 4.27. The Morgan fingerprint density at radius 1 is 1.14 bits per heavy atom. The molecule has 2 fully saturated rings. The number of pyridine rings is 1. The van der Waals surface area contributed by atoms with Crippen molar-refractivity contribution in [2.24, 2.45) is 17.8 Å². The number of anilines is 2. The summed E-state index contributed by atoms with van der Waals surface area (Å²) in [7, 11) is 0. The van der Waals surface area contributed by atoms with E-state index in [0.29, 0.717) is 12.5 Å². The third kappa shape index (κ3) is 3.11. The molecule has 1 heterocycles. The summed E-state index contributed by atoms with van der Waals surface area (Å²) in [6.45, 7) is 3.36. The lowest BCUT2D eigenvalue weighted by atomic mass is 9.89. The zero-order valence-corrected chi connectivity index (χ0v) is 12.5. The minimum Gasteiger partial charge on any atom is -0.368 e. The number of halogens is 2. The van der Waals surface area contributed by atoms with Gasteiger partial charge in [-0.15, -0.1) is 0 Å². The van der Waals surface area contributed by atoms with Crippen LogP contribution < -0.4 is 10.6 Å². The van der Waals surface area contributed by atoms with Gasteiger partial charge < -0.3 is 10.6 Å². The van der Waals surface area contributed by atoms with Crippen molar-refractivity contribution in [3.05, 3.63) is 17.7 Å². The van der Waals surface area contributed by atoms with Crippen LogP contribution in [-0.2, 0) is 0 Å². The molecule has 0 radical (unpaired) electrons. The number of rotatable bonds is 6. The van der Waals surface area contributed by atoms with Gasteiger partial charge in [-0.3, -0.25) is 0 Å². The molecule has 3 unspecified atom stereocenters. The Balaban J connectivity index is 1.64. The second-order valence-electron chi connectivity index (χ2n) is 6.39. The third-order valence-electron chi connectivity index (χ3n) is 4.89. The highest BCUT2D eigenvalue weighted by Crippen LogP contribution is 2.48. The lowest BCUT2D eigenvalue weighted by Gasteiger charge is -2.22. The molecule has 3 nitrogen and oxygen atoms in total. The number of nitrogens with one attached hydrogen (secondary N) is 2. The molecule has 0 saturated heterocycles. The number of hydrogen-bond acceptors (Lipinski definition) is 3. The maximum absolute atomic E-state index is 13.8. The Labute approximate surface area is 124 Å². The van der Waals surface area contributed by atoms with Gasteiger partial charge in [-0.25, -0.2) is 13.8 Å². The summed E-state index contributed by atoms with van der Waals surface area (Å²) < 4.78 is 27.4. The van der Waals surface area contributed by atoms with Crippen LogP contribution in [0.1, 0.15) is 39.0 Å². The topological polar surface area (TPSA) is 37.0 Å². The van der Waals surface area contributed by atoms with Crippen LogP contribution in [0.3, 0.4) is 0 Å². The van der Waals surface area contributed by atoms with Crippen LogP contribution >= 0.6 is 0 Å². The van der Waals surface area contributed by atoms with Crippen LogP contribution in [-0.4, -0.2) is 18.1 Å². The number of nitrogens with zero attached hydrogens (tertiary/aromatic N) is 1. The molecule has 2 saturated carbocycles. The first-order valence-corrected chi connectivity index (χ1v) is 8.01. The van der Waals surface area contributed by atoms with E-state index in [-0.39, 0.29) is 11.6 Å². The summed E-state index contributed by atoms with van der Waals surface area (Å²) >= 11 is 0. The molecule has 2 aliphatic carbocycles. The Morgan fingerprint density at radius 3 is 2.52 bits per heavy atom. The van der Waals surface area contributed by atoms with Crippen LogP contribution in [0, 0.1) is 29.4 Å². The van der Waals surface area contributed by atoms with Gasteiger partial charge in [0.1, 0.15) is 0 Å². The van der Waals surface area contributed by atoms with E-state index in [1.54, 1.807) is 0 Å². The standard InChI is InChI=1S/C16H23F2N3/c1-2-5-19-15-13(17)8-14(18)16(21-15)20-9-12-7-10-3-4-11(12)6-10/h8,10-12H,2-7,9H2,1H3,(H2,19,20,21). The zero-order valence-electron chi connectivity index (χ0n) is 12.5. The zero-order chi connectivity index (χ0) is 14.8. The van der Waals surface area contributed by atoms with Crippen LogP contribution in [0.4, 0.5) is 20.4 Å². The van der Waals surface area contributed by atoms with E-state index < -0.39 is 11.6 Å². The first kappa shape index (κ1) is 14.5. The average Bonchev–Trinajstić information content (AvgIpc) is 3.08. The molecule has 116 valence electrons. The monoisotopic (exact) mass is 295 g/mol. The molecule has 0 aromatic carbocycles. The molecule has 3 rings (SSSR count). The first-order valence-electron chi connectivity index (χ1n) is 8.01. The Bertz CT molecular complexity index is 507. The van der Waals surface area contributed by atoms with E-state index in [4.69, 9.17) is 0 Å². The molecule has 0 aliphatic heterocycles. The minimum absolute atomic E-state index is 0.133. The summed E-state index contributed by atoms with van der Waals surface area (Å²) in [5.74, 6) is 1.32. The van der Waals surface area contributed by atoms with Crippen molar-refractivity contribution < 1.29 is 8.78 Å². The maximum Gasteiger partial charge on any atom is 0.168 e. The summed E-state index contributed by atoms with van der Waals surface area (Å²) in [6, 6.07) is 0.911. The molecule has 2 N–H and O–H groups in total. The highest BCUT2D eigenvalue weighted by atomic mass is 19.1. The Hall–Kier alpha value is -1.39. The molecule has 0 amide bonds. The highest BCUT2D eigenvalue weighted by Gasteiger charge is 2.39. The third-order valence-corrected chi connectivity index (χ3v) is 4.89. The van der Waals surface area contributed by atoms with E-state index >= 15 is 0 Å². The van der Waals surface area contributed by atoms with Crippen molar-refractivity contribution in [3.8, 4) is 0 Å². The molecule has 2 bridgehead atoms. The van der Waals surface area contributed by atoms with Gasteiger partial charge in [0.15, 0.2) is 23.3 Å². The first-order chi connectivity index (χ1) is 10.2. The lowest BCUT2D eigenvalue weighted by Crippen LogP contribution is -2.21. The molecule has 1 aromatic rings. The summed E-state index contributed by atoms with van der Waals surface area (Å²) in [4.78, 5) is 4.06. The van der Waals surface area contributed by atoms with Crippen LogP contribution in [0.15, 0.2) is 6.07 Å². The fourth-order valence-electron chi connectivity index (χ4n) is 3.81. The van der Waals surface area contributed by atoms with Gasteiger partial charge in [-0.1, -0.05) is 13.3 Å². The number of aromatic nitrogens is 1. The Morgan fingerprint density at radius 2 is 1.90 bits per heavy atom. The summed E-state index contributed by atoms with van der Waals surface area (Å²) in [5, 5.41) is 5.98. The minimum atomic E-state index is -0.633. The average molecular weight is 295 g/mol. The van der Waals surface area contributed by atoms with E-state index in [9.17, 15) is 8.78 Å². The molecular weight excluding hydrogens is 272 g/mol. The smallest absolute Gasteiger partial charge is 0.168 e. The van der Waals surface area contributed by atoms with Crippen molar-refractivity contribution in [2.45, 2.75) is 39.0 Å². The van der Waals surface area contributed by atoms with Crippen molar-refractivity contribution in [3.63, 3.8) is 0 Å². The fourth-order valence-corrected chi connectivity index (χ4v) is 3.81. The van der Waals surface area contributed by atoms with Crippen molar-refractivity contribution in [1.82, 2.24) is 4.98 Å². The van der Waals surface area contributed by atoms with Gasteiger partial charge in [0.05, 0.1) is 0 Å². The fraction of sp³-hybridized carbons (Fsp3) is 0.688. The predicted molar refractivity (Wildman–Crippen MR) is 80.4 cm³/mol. The molecule has 5 heteroatoms. The summed E-state index contributed by atoms with van der Waals surface area (Å²) in [6.07, 6.45) is 6.10. The molecular formula is C16H23F2N3. The normalized spacial score (nSPS) is 27.1. The molecule has 3 atom stereocenters. The largest absolute Gasteiger partial charge is 0.368 e. The predicted octanol–water partition coefficient (Wildman–Crippen LogP) is 4.03. The second-order valence-corrected chi connectivity index (χ2v) is 6.39. The molecule has 0 spiro atoms. The van der Waals surface area contributed by atoms with E-state index in [1.165, 1.54) is 25.7 Å². The summed E-state index contributed by atoms with van der Waals surface area (Å²) in [5.41, 5.74) is 0. The van der Waals surface area contributed by atoms with Gasteiger partial charge in [0.2, 0.25) is 0 Å². The highest BCUT2D eigenvalue weighted by molar-refractivity contribution is 5.47.